The van der Waals surface area contributed by atoms with Crippen molar-refractivity contribution >= 4 is 33.2 Å². The largest absolute Gasteiger partial charge is 0.354 e. The summed E-state index contributed by atoms with van der Waals surface area (Å²) in [6, 6.07) is 14.3. The lowest BCUT2D eigenvalue weighted by molar-refractivity contribution is 0.591. The van der Waals surface area contributed by atoms with E-state index >= 15 is 0 Å². The lowest BCUT2D eigenvalue weighted by Gasteiger charge is -2.11. The summed E-state index contributed by atoms with van der Waals surface area (Å²) >= 11 is 0. The van der Waals surface area contributed by atoms with Crippen LogP contribution in [0.1, 0.15) is 18.2 Å². The highest BCUT2D eigenvalue weighted by molar-refractivity contribution is 7.91. The predicted molar refractivity (Wildman–Crippen MR) is 113 cm³/mol. The van der Waals surface area contributed by atoms with E-state index in [1.54, 1.807) is 30.3 Å². The van der Waals surface area contributed by atoms with Gasteiger partial charge in [-0.1, -0.05) is 18.2 Å². The molecule has 3 N–H and O–H groups in total. The average Bonchev–Trinajstić information content (AvgIpc) is 2.65. The third-order valence-corrected chi connectivity index (χ3v) is 5.16. The Kier molecular flexibility index (Phi) is 6.28. The van der Waals surface area contributed by atoms with Crippen molar-refractivity contribution in [3.05, 3.63) is 71.7 Å². The predicted octanol–water partition coefficient (Wildman–Crippen LogP) is 4.04. The van der Waals surface area contributed by atoms with Crippen molar-refractivity contribution in [1.29, 1.82) is 0 Å². The van der Waals surface area contributed by atoms with E-state index in [0.717, 1.165) is 11.4 Å². The number of sulfonamides is 1. The van der Waals surface area contributed by atoms with Crippen LogP contribution in [-0.4, -0.2) is 24.9 Å². The quantitative estimate of drug-likeness (QED) is 0.514. The summed E-state index contributed by atoms with van der Waals surface area (Å²) in [5, 5.41) is 6.23. The maximum Gasteiger partial charge on any atom is 0.237 e. The second-order valence-corrected chi connectivity index (χ2v) is 8.13. The second kappa shape index (κ2) is 8.87. The first-order valence-corrected chi connectivity index (χ1v) is 10.7. The van der Waals surface area contributed by atoms with E-state index in [9.17, 15) is 12.8 Å². The molecule has 0 unspecified atom stereocenters. The van der Waals surface area contributed by atoms with Crippen LogP contribution in [0.5, 0.6) is 0 Å². The van der Waals surface area contributed by atoms with Gasteiger partial charge in [0.05, 0.1) is 5.75 Å². The SMILES string of the molecule is CCNc1nc(C)cc(Nc2ccc(NS(=O)(=O)Cc3ccccc3F)cc2)n1. The van der Waals surface area contributed by atoms with Crippen LogP contribution in [0.3, 0.4) is 0 Å². The zero-order chi connectivity index (χ0) is 20.9. The summed E-state index contributed by atoms with van der Waals surface area (Å²) in [4.78, 5) is 8.67. The van der Waals surface area contributed by atoms with Crippen LogP contribution in [0, 0.1) is 12.7 Å². The van der Waals surface area contributed by atoms with Gasteiger partial charge >= 0.3 is 0 Å². The van der Waals surface area contributed by atoms with Gasteiger partial charge in [-0.3, -0.25) is 4.72 Å². The fraction of sp³-hybridized carbons (Fsp3) is 0.200. The minimum atomic E-state index is -3.74. The molecule has 0 saturated carbocycles. The monoisotopic (exact) mass is 415 g/mol. The third-order valence-electron chi connectivity index (χ3n) is 3.92. The van der Waals surface area contributed by atoms with Crippen LogP contribution in [0.2, 0.25) is 0 Å². The molecule has 2 aromatic carbocycles. The molecule has 1 heterocycles. The summed E-state index contributed by atoms with van der Waals surface area (Å²) in [6.07, 6.45) is 0. The minimum Gasteiger partial charge on any atom is -0.354 e. The molecule has 0 amide bonds. The number of rotatable bonds is 8. The average molecular weight is 415 g/mol. The van der Waals surface area contributed by atoms with Crippen molar-refractivity contribution in [2.45, 2.75) is 19.6 Å². The number of hydrogen-bond donors (Lipinski definition) is 3. The van der Waals surface area contributed by atoms with E-state index in [-0.39, 0.29) is 5.56 Å². The lowest BCUT2D eigenvalue weighted by atomic mass is 10.2. The molecule has 0 radical (unpaired) electrons. The zero-order valence-electron chi connectivity index (χ0n) is 16.1. The van der Waals surface area contributed by atoms with Gasteiger partial charge in [0.25, 0.3) is 0 Å². The Hall–Kier alpha value is -3.20. The van der Waals surface area contributed by atoms with Gasteiger partial charge in [-0.05, 0) is 44.2 Å². The highest BCUT2D eigenvalue weighted by Gasteiger charge is 2.14. The molecule has 7 nitrogen and oxygen atoms in total. The van der Waals surface area contributed by atoms with E-state index in [2.05, 4.69) is 25.3 Å². The van der Waals surface area contributed by atoms with Gasteiger partial charge in [-0.2, -0.15) is 4.98 Å². The molecule has 0 bridgehead atoms. The number of benzene rings is 2. The Labute approximate surface area is 169 Å². The van der Waals surface area contributed by atoms with E-state index in [4.69, 9.17) is 0 Å². The molecule has 0 aliphatic rings. The Bertz CT molecular complexity index is 1090. The number of anilines is 4. The fourth-order valence-corrected chi connectivity index (χ4v) is 3.89. The first-order chi connectivity index (χ1) is 13.8. The Morgan fingerprint density at radius 3 is 2.38 bits per heavy atom. The summed E-state index contributed by atoms with van der Waals surface area (Å²) in [6.45, 7) is 4.55. The molecule has 0 atom stereocenters. The van der Waals surface area contributed by atoms with Crippen LogP contribution in [-0.2, 0) is 15.8 Å². The molecule has 1 aromatic heterocycles. The van der Waals surface area contributed by atoms with E-state index < -0.39 is 21.6 Å². The first kappa shape index (κ1) is 20.5. The van der Waals surface area contributed by atoms with Gasteiger partial charge in [0, 0.05) is 35.2 Å². The molecule has 0 aliphatic heterocycles. The van der Waals surface area contributed by atoms with Crippen molar-refractivity contribution in [3.8, 4) is 0 Å². The maximum atomic E-state index is 13.7. The molecule has 9 heteroatoms. The zero-order valence-corrected chi connectivity index (χ0v) is 16.9. The Morgan fingerprint density at radius 2 is 1.69 bits per heavy atom. The van der Waals surface area contributed by atoms with Crippen molar-refractivity contribution in [1.82, 2.24) is 9.97 Å². The van der Waals surface area contributed by atoms with Crippen LogP contribution >= 0.6 is 0 Å². The number of aryl methyl sites for hydroxylation is 1. The molecule has 0 aliphatic carbocycles. The van der Waals surface area contributed by atoms with Gasteiger partial charge in [0.15, 0.2) is 0 Å². The first-order valence-electron chi connectivity index (χ1n) is 9.05. The maximum absolute atomic E-state index is 13.7. The van der Waals surface area contributed by atoms with Gasteiger partial charge in [0.1, 0.15) is 11.6 Å². The molecule has 3 rings (SSSR count). The molecule has 29 heavy (non-hydrogen) atoms. The number of nitrogens with zero attached hydrogens (tertiary/aromatic N) is 2. The van der Waals surface area contributed by atoms with Crippen molar-refractivity contribution in [3.63, 3.8) is 0 Å². The van der Waals surface area contributed by atoms with Crippen molar-refractivity contribution < 1.29 is 12.8 Å². The summed E-state index contributed by atoms with van der Waals surface area (Å²) in [5.74, 6) is 0.177. The summed E-state index contributed by atoms with van der Waals surface area (Å²) in [7, 11) is -3.74. The lowest BCUT2D eigenvalue weighted by Crippen LogP contribution is -2.15. The van der Waals surface area contributed by atoms with Gasteiger partial charge in [-0.25, -0.2) is 17.8 Å². The van der Waals surface area contributed by atoms with E-state index in [0.29, 0.717) is 24.0 Å². The number of hydrogen-bond acceptors (Lipinski definition) is 6. The Balaban J connectivity index is 1.68. The van der Waals surface area contributed by atoms with Crippen molar-refractivity contribution in [2.75, 3.05) is 21.9 Å². The summed E-state index contributed by atoms with van der Waals surface area (Å²) in [5.41, 5.74) is 2.06. The van der Waals surface area contributed by atoms with Crippen LogP contribution in [0.4, 0.5) is 27.5 Å². The molecule has 0 saturated heterocycles. The molecule has 0 spiro atoms. The van der Waals surface area contributed by atoms with Crippen molar-refractivity contribution in [2.24, 2.45) is 0 Å². The fourth-order valence-electron chi connectivity index (χ4n) is 2.68. The highest BCUT2D eigenvalue weighted by Crippen LogP contribution is 2.21. The number of nitrogens with one attached hydrogen (secondary N) is 3. The van der Waals surface area contributed by atoms with Crippen LogP contribution in [0.25, 0.3) is 0 Å². The minimum absolute atomic E-state index is 0.119. The smallest absolute Gasteiger partial charge is 0.237 e. The topological polar surface area (TPSA) is 96.0 Å². The Morgan fingerprint density at radius 1 is 1.00 bits per heavy atom. The van der Waals surface area contributed by atoms with E-state index in [1.165, 1.54) is 18.2 Å². The standard InChI is InChI=1S/C20H22FN5O2S/c1-3-22-20-23-14(2)12-19(25-20)24-16-8-10-17(11-9-16)26-29(27,28)13-15-6-4-5-7-18(15)21/h4-12,26H,3,13H2,1-2H3,(H2,22,23,24,25). The van der Waals surface area contributed by atoms with Crippen LogP contribution in [0.15, 0.2) is 54.6 Å². The molecule has 0 fully saturated rings. The molecule has 152 valence electrons. The van der Waals surface area contributed by atoms with Gasteiger partial charge in [0.2, 0.25) is 16.0 Å². The van der Waals surface area contributed by atoms with Gasteiger partial charge < -0.3 is 10.6 Å². The molecular formula is C20H22FN5O2S. The second-order valence-electron chi connectivity index (χ2n) is 6.40. The normalized spacial score (nSPS) is 11.1. The molecule has 3 aromatic rings. The van der Waals surface area contributed by atoms with Crippen LogP contribution < -0.4 is 15.4 Å². The van der Waals surface area contributed by atoms with Gasteiger partial charge in [-0.15, -0.1) is 0 Å². The third kappa shape index (κ3) is 5.89. The molecular weight excluding hydrogens is 393 g/mol. The van der Waals surface area contributed by atoms with E-state index in [1.807, 2.05) is 19.9 Å². The number of aromatic nitrogens is 2. The summed E-state index contributed by atoms with van der Waals surface area (Å²) < 4.78 is 40.8. The number of halogens is 1. The highest BCUT2D eigenvalue weighted by atomic mass is 32.2.